The van der Waals surface area contributed by atoms with Gasteiger partial charge in [0.1, 0.15) is 0 Å². The third-order valence-electron chi connectivity index (χ3n) is 12.1. The van der Waals surface area contributed by atoms with Gasteiger partial charge in [-0.25, -0.2) is 19.9 Å². The molecule has 4 nitrogen and oxygen atoms in total. The zero-order valence-electron chi connectivity index (χ0n) is 33.6. The molecule has 4 heteroatoms. The number of benzene rings is 10. The van der Waals surface area contributed by atoms with Gasteiger partial charge in [-0.15, -0.1) is 0 Å². The largest absolute Gasteiger partial charge is 0.228 e. The van der Waals surface area contributed by atoms with E-state index < -0.39 is 0 Å². The Hall–Kier alpha value is -8.34. The average Bonchev–Trinajstić information content (AvgIpc) is 3.35. The molecule has 0 unspecified atom stereocenters. The second-order valence-corrected chi connectivity index (χ2v) is 15.7. The van der Waals surface area contributed by atoms with Crippen molar-refractivity contribution in [3.63, 3.8) is 0 Å². The number of hydrogen-bond donors (Lipinski definition) is 0. The highest BCUT2D eigenvalue weighted by atomic mass is 14.9. The van der Waals surface area contributed by atoms with Crippen LogP contribution in [0, 0.1) is 0 Å². The van der Waals surface area contributed by atoms with Gasteiger partial charge in [-0.2, -0.15) is 0 Å². The standard InChI is InChI=1S/C58H36N4/c1-3-17-37(18-4-1)39-31-35-49(45-25-11-7-21-41(39)45)57-59-53-29-15-13-27-51(53)55(61-57)47-33-34-48(44-24-10-9-23-43(44)47)56-52-28-14-16-30-54(52)60-58(62-56)50-36-32-40(38-19-5-2-6-20-38)42-22-8-12-26-46(42)50/h1-36H. The number of rotatable bonds is 6. The van der Waals surface area contributed by atoms with Crippen molar-refractivity contribution in [2.24, 2.45) is 0 Å². The molecule has 0 bridgehead atoms. The van der Waals surface area contributed by atoms with Gasteiger partial charge >= 0.3 is 0 Å². The number of fused-ring (bicyclic) bond motifs is 5. The Bertz CT molecular complexity index is 3450. The fourth-order valence-corrected chi connectivity index (χ4v) is 9.24. The summed E-state index contributed by atoms with van der Waals surface area (Å²) in [5.74, 6) is 1.39. The maximum atomic E-state index is 5.47. The van der Waals surface area contributed by atoms with Crippen molar-refractivity contribution < 1.29 is 0 Å². The van der Waals surface area contributed by atoms with Gasteiger partial charge in [-0.05, 0) is 78.8 Å². The lowest BCUT2D eigenvalue weighted by molar-refractivity contribution is 1.23. The molecule has 10 aromatic carbocycles. The average molecular weight is 789 g/mol. The van der Waals surface area contributed by atoms with Gasteiger partial charge in [0.15, 0.2) is 11.6 Å². The molecule has 0 saturated carbocycles. The van der Waals surface area contributed by atoms with Crippen LogP contribution in [0.3, 0.4) is 0 Å². The molecule has 0 aliphatic carbocycles. The van der Waals surface area contributed by atoms with Crippen molar-refractivity contribution in [3.05, 3.63) is 218 Å². The summed E-state index contributed by atoms with van der Waals surface area (Å²) in [5.41, 5.74) is 12.4. The quantitative estimate of drug-likeness (QED) is 0.168. The van der Waals surface area contributed by atoms with E-state index in [9.17, 15) is 0 Å². The molecule has 288 valence electrons. The van der Waals surface area contributed by atoms with Crippen molar-refractivity contribution in [1.29, 1.82) is 0 Å². The van der Waals surface area contributed by atoms with E-state index in [0.717, 1.165) is 77.0 Å². The van der Waals surface area contributed by atoms with E-state index in [2.05, 4.69) is 218 Å². The van der Waals surface area contributed by atoms with Gasteiger partial charge in [0.25, 0.3) is 0 Å². The third kappa shape index (κ3) is 5.92. The molecule has 0 spiro atoms. The molecule has 0 saturated heterocycles. The highest BCUT2D eigenvalue weighted by Gasteiger charge is 2.21. The monoisotopic (exact) mass is 788 g/mol. The van der Waals surface area contributed by atoms with Crippen LogP contribution in [0.2, 0.25) is 0 Å². The summed E-state index contributed by atoms with van der Waals surface area (Å²) in [5, 5.41) is 8.74. The third-order valence-corrected chi connectivity index (χ3v) is 12.1. The van der Waals surface area contributed by atoms with Gasteiger partial charge in [0, 0.05) is 33.0 Å². The molecule has 0 aliphatic heterocycles. The highest BCUT2D eigenvalue weighted by molar-refractivity contribution is 6.12. The SMILES string of the molecule is c1ccc(-c2ccc(-c3nc(-c4ccc(-c5nc(-c6ccc(-c7ccccc7)c7ccccc67)nc6ccccc56)c5ccccc45)c4ccccc4n3)c3ccccc23)cc1. The highest BCUT2D eigenvalue weighted by Crippen LogP contribution is 2.42. The van der Waals surface area contributed by atoms with E-state index in [1.165, 1.54) is 33.0 Å². The molecule has 0 radical (unpaired) electrons. The summed E-state index contributed by atoms with van der Waals surface area (Å²) in [4.78, 5) is 21.4. The molecule has 62 heavy (non-hydrogen) atoms. The Morgan fingerprint density at radius 1 is 0.194 bits per heavy atom. The molecule has 0 fully saturated rings. The fourth-order valence-electron chi connectivity index (χ4n) is 9.24. The first-order chi connectivity index (χ1) is 30.8. The first-order valence-corrected chi connectivity index (χ1v) is 21.0. The smallest absolute Gasteiger partial charge is 0.161 e. The molecular weight excluding hydrogens is 753 g/mol. The van der Waals surface area contributed by atoms with Crippen molar-refractivity contribution in [1.82, 2.24) is 19.9 Å². The summed E-state index contributed by atoms with van der Waals surface area (Å²) in [7, 11) is 0. The second kappa shape index (κ2) is 14.7. The Labute approximate surface area is 358 Å². The van der Waals surface area contributed by atoms with Gasteiger partial charge in [0.05, 0.1) is 22.4 Å². The van der Waals surface area contributed by atoms with Crippen LogP contribution in [0.15, 0.2) is 218 Å². The van der Waals surface area contributed by atoms with Crippen LogP contribution in [-0.4, -0.2) is 19.9 Å². The summed E-state index contributed by atoms with van der Waals surface area (Å²) >= 11 is 0. The summed E-state index contributed by atoms with van der Waals surface area (Å²) in [6, 6.07) is 76.8. The van der Waals surface area contributed by atoms with Crippen LogP contribution in [0.25, 0.3) is 122 Å². The molecule has 12 rings (SSSR count). The van der Waals surface area contributed by atoms with Crippen molar-refractivity contribution in [3.8, 4) is 67.5 Å². The first kappa shape index (κ1) is 35.6. The minimum absolute atomic E-state index is 0.694. The Morgan fingerprint density at radius 2 is 0.468 bits per heavy atom. The maximum absolute atomic E-state index is 5.47. The number of para-hydroxylation sites is 2. The summed E-state index contributed by atoms with van der Waals surface area (Å²) < 4.78 is 0. The lowest BCUT2D eigenvalue weighted by Crippen LogP contribution is -1.99. The first-order valence-electron chi connectivity index (χ1n) is 21.0. The van der Waals surface area contributed by atoms with Gasteiger partial charge in [-0.1, -0.05) is 194 Å². The molecule has 2 heterocycles. The van der Waals surface area contributed by atoms with Crippen molar-refractivity contribution in [2.75, 3.05) is 0 Å². The summed E-state index contributed by atoms with van der Waals surface area (Å²) in [6.45, 7) is 0. The molecule has 0 N–H and O–H groups in total. The minimum atomic E-state index is 0.694. The van der Waals surface area contributed by atoms with E-state index in [1.54, 1.807) is 0 Å². The Balaban J connectivity index is 1.05. The van der Waals surface area contributed by atoms with Crippen LogP contribution < -0.4 is 0 Å². The molecule has 0 amide bonds. The summed E-state index contributed by atoms with van der Waals surface area (Å²) in [6.07, 6.45) is 0. The van der Waals surface area contributed by atoms with Crippen molar-refractivity contribution in [2.45, 2.75) is 0 Å². The fraction of sp³-hybridized carbons (Fsp3) is 0. The van der Waals surface area contributed by atoms with Crippen LogP contribution in [0.4, 0.5) is 0 Å². The zero-order valence-corrected chi connectivity index (χ0v) is 33.6. The van der Waals surface area contributed by atoms with Crippen LogP contribution in [0.1, 0.15) is 0 Å². The molecule has 2 aromatic heterocycles. The van der Waals surface area contributed by atoms with Gasteiger partial charge in [-0.3, -0.25) is 0 Å². The number of nitrogens with zero attached hydrogens (tertiary/aromatic N) is 4. The number of aromatic nitrogens is 4. The van der Waals surface area contributed by atoms with E-state index in [1.807, 2.05) is 0 Å². The van der Waals surface area contributed by atoms with Gasteiger partial charge in [0.2, 0.25) is 0 Å². The normalized spacial score (nSPS) is 11.5. The van der Waals surface area contributed by atoms with E-state index in [-0.39, 0.29) is 0 Å². The molecule has 0 aliphatic rings. The molecule has 12 aromatic rings. The topological polar surface area (TPSA) is 51.6 Å². The minimum Gasteiger partial charge on any atom is -0.228 e. The Morgan fingerprint density at radius 3 is 0.855 bits per heavy atom. The second-order valence-electron chi connectivity index (χ2n) is 15.7. The zero-order chi connectivity index (χ0) is 41.0. The molecule has 0 atom stereocenters. The van der Waals surface area contributed by atoms with Gasteiger partial charge < -0.3 is 0 Å². The predicted molar refractivity (Wildman–Crippen MR) is 258 cm³/mol. The maximum Gasteiger partial charge on any atom is 0.161 e. The Kier molecular flexibility index (Phi) is 8.46. The lowest BCUT2D eigenvalue weighted by atomic mass is 9.92. The van der Waals surface area contributed by atoms with E-state index >= 15 is 0 Å². The lowest BCUT2D eigenvalue weighted by Gasteiger charge is -2.17. The van der Waals surface area contributed by atoms with Crippen LogP contribution >= 0.6 is 0 Å². The van der Waals surface area contributed by atoms with E-state index in [0.29, 0.717) is 11.6 Å². The van der Waals surface area contributed by atoms with Crippen LogP contribution in [-0.2, 0) is 0 Å². The molecular formula is C58H36N4. The predicted octanol–water partition coefficient (Wildman–Crippen LogP) is 15.0. The number of hydrogen-bond acceptors (Lipinski definition) is 4. The van der Waals surface area contributed by atoms with Crippen molar-refractivity contribution >= 4 is 54.1 Å². The van der Waals surface area contributed by atoms with Crippen LogP contribution in [0.5, 0.6) is 0 Å². The van der Waals surface area contributed by atoms with E-state index in [4.69, 9.17) is 19.9 Å².